The highest BCUT2D eigenvalue weighted by Crippen LogP contribution is 2.28. The zero-order valence-electron chi connectivity index (χ0n) is 17.5. The number of benzene rings is 2. The van der Waals surface area contributed by atoms with Gasteiger partial charge in [-0.3, -0.25) is 25.2 Å². The van der Waals surface area contributed by atoms with Crippen molar-refractivity contribution in [3.63, 3.8) is 0 Å². The molecular weight excluding hydrogens is 406 g/mol. The third-order valence-corrected chi connectivity index (χ3v) is 3.91. The molecule has 10 heteroatoms. The first-order chi connectivity index (χ1) is 14.8. The van der Waals surface area contributed by atoms with E-state index in [4.69, 9.17) is 24.7 Å². The molecule has 0 aliphatic heterocycles. The highest BCUT2D eigenvalue weighted by atomic mass is 16.5. The van der Waals surface area contributed by atoms with Crippen molar-refractivity contribution >= 4 is 17.7 Å². The maximum atomic E-state index is 12.3. The van der Waals surface area contributed by atoms with Crippen molar-refractivity contribution in [1.29, 1.82) is 0 Å². The summed E-state index contributed by atoms with van der Waals surface area (Å²) in [6, 6.07) is 11.1. The molecule has 3 amide bonds. The minimum atomic E-state index is -0.864. The number of carbonyl (C=O) groups excluding carboxylic acids is 3. The van der Waals surface area contributed by atoms with Crippen molar-refractivity contribution in [1.82, 2.24) is 10.9 Å². The molecule has 2 aromatic carbocycles. The van der Waals surface area contributed by atoms with Gasteiger partial charge >= 0.3 is 0 Å². The second-order valence-electron chi connectivity index (χ2n) is 6.23. The minimum absolute atomic E-state index is 0.198. The fraction of sp³-hybridized carbons (Fsp3) is 0.286. The van der Waals surface area contributed by atoms with Crippen molar-refractivity contribution in [2.75, 3.05) is 20.3 Å². The summed E-state index contributed by atoms with van der Waals surface area (Å²) in [5.41, 5.74) is 9.85. The van der Waals surface area contributed by atoms with Crippen molar-refractivity contribution in [3.05, 3.63) is 48.0 Å². The number of methoxy groups -OCH3 is 1. The van der Waals surface area contributed by atoms with E-state index in [9.17, 15) is 14.4 Å². The Labute approximate surface area is 179 Å². The van der Waals surface area contributed by atoms with E-state index < -0.39 is 23.8 Å². The highest BCUT2D eigenvalue weighted by Gasteiger charge is 2.17. The summed E-state index contributed by atoms with van der Waals surface area (Å²) >= 11 is 0. The van der Waals surface area contributed by atoms with Crippen LogP contribution in [0, 0.1) is 0 Å². The number of rotatable bonds is 10. The predicted molar refractivity (Wildman–Crippen MR) is 111 cm³/mol. The number of hydrogen-bond acceptors (Lipinski definition) is 7. The average molecular weight is 431 g/mol. The molecule has 2 aromatic rings. The van der Waals surface area contributed by atoms with E-state index >= 15 is 0 Å². The summed E-state index contributed by atoms with van der Waals surface area (Å²) < 4.78 is 21.3. The topological polar surface area (TPSA) is 138 Å². The van der Waals surface area contributed by atoms with Gasteiger partial charge in [0, 0.05) is 5.56 Å². The zero-order valence-corrected chi connectivity index (χ0v) is 17.5. The van der Waals surface area contributed by atoms with Crippen LogP contribution < -0.4 is 35.5 Å². The molecule has 2 rings (SSSR count). The molecule has 0 aliphatic carbocycles. The van der Waals surface area contributed by atoms with E-state index in [1.165, 1.54) is 25.3 Å². The Bertz CT molecular complexity index is 916. The van der Waals surface area contributed by atoms with Gasteiger partial charge in [-0.1, -0.05) is 0 Å². The molecule has 0 radical (unpaired) electrons. The van der Waals surface area contributed by atoms with Gasteiger partial charge in [0.15, 0.2) is 24.2 Å². The van der Waals surface area contributed by atoms with Gasteiger partial charge in [0.25, 0.3) is 17.7 Å². The summed E-state index contributed by atoms with van der Waals surface area (Å²) in [5, 5.41) is 0. The van der Waals surface area contributed by atoms with Crippen molar-refractivity contribution in [2.24, 2.45) is 5.73 Å². The Hall–Kier alpha value is -3.95. The summed E-state index contributed by atoms with van der Waals surface area (Å²) in [4.78, 5) is 35.4. The number of amides is 3. The molecule has 0 fully saturated rings. The van der Waals surface area contributed by atoms with E-state index in [1.807, 2.05) is 6.92 Å². The van der Waals surface area contributed by atoms with Crippen molar-refractivity contribution in [2.45, 2.75) is 20.0 Å². The molecule has 0 spiro atoms. The molecule has 0 aliphatic rings. The van der Waals surface area contributed by atoms with Crippen LogP contribution in [0.15, 0.2) is 42.5 Å². The number of hydrogen-bond donors (Lipinski definition) is 3. The minimum Gasteiger partial charge on any atom is -0.494 e. The number of ether oxygens (including phenoxy) is 4. The first kappa shape index (κ1) is 23.3. The number of nitrogens with two attached hydrogens (primary N) is 1. The smallest absolute Gasteiger partial charge is 0.279 e. The number of nitrogens with one attached hydrogen (secondary N) is 2. The quantitative estimate of drug-likeness (QED) is 0.480. The van der Waals surface area contributed by atoms with Crippen LogP contribution in [0.2, 0.25) is 0 Å². The van der Waals surface area contributed by atoms with Gasteiger partial charge in [-0.05, 0) is 56.3 Å². The monoisotopic (exact) mass is 431 g/mol. The van der Waals surface area contributed by atoms with Gasteiger partial charge in [-0.15, -0.1) is 0 Å². The number of carbonyl (C=O) groups is 3. The zero-order chi connectivity index (χ0) is 22.8. The third-order valence-electron chi connectivity index (χ3n) is 3.91. The molecule has 4 N–H and O–H groups in total. The van der Waals surface area contributed by atoms with E-state index in [1.54, 1.807) is 31.2 Å². The van der Waals surface area contributed by atoms with E-state index in [0.29, 0.717) is 18.1 Å². The normalized spacial score (nSPS) is 11.1. The van der Waals surface area contributed by atoms with Crippen LogP contribution >= 0.6 is 0 Å². The lowest BCUT2D eigenvalue weighted by Crippen LogP contribution is -2.47. The van der Waals surface area contributed by atoms with Crippen molar-refractivity contribution in [3.8, 4) is 23.0 Å². The van der Waals surface area contributed by atoms with Gasteiger partial charge in [0.2, 0.25) is 0 Å². The molecule has 10 nitrogen and oxygen atoms in total. The van der Waals surface area contributed by atoms with Crippen LogP contribution in [0.1, 0.15) is 24.2 Å². The molecule has 0 bridgehead atoms. The molecule has 0 heterocycles. The van der Waals surface area contributed by atoms with E-state index in [0.717, 1.165) is 0 Å². The lowest BCUT2D eigenvalue weighted by Gasteiger charge is -2.16. The SMILES string of the molecule is CCOc1ccc(O[C@H](C)C(=O)NNC(=O)c2ccc(OCC(N)=O)c(OC)c2)cc1. The Balaban J connectivity index is 1.90. The van der Waals surface area contributed by atoms with Gasteiger partial charge in [0.1, 0.15) is 11.5 Å². The Kier molecular flexibility index (Phi) is 8.50. The lowest BCUT2D eigenvalue weighted by molar-refractivity contribution is -0.128. The summed E-state index contributed by atoms with van der Waals surface area (Å²) in [6.45, 7) is 3.65. The Morgan fingerprint density at radius 3 is 2.26 bits per heavy atom. The second-order valence-corrected chi connectivity index (χ2v) is 6.23. The molecule has 31 heavy (non-hydrogen) atoms. The number of hydrazine groups is 1. The molecule has 0 aromatic heterocycles. The number of primary amides is 1. The maximum absolute atomic E-state index is 12.3. The fourth-order valence-electron chi connectivity index (χ4n) is 2.41. The van der Waals surface area contributed by atoms with Crippen molar-refractivity contribution < 1.29 is 33.3 Å². The van der Waals surface area contributed by atoms with Crippen LogP contribution in [0.3, 0.4) is 0 Å². The first-order valence-electron chi connectivity index (χ1n) is 9.42. The second kappa shape index (κ2) is 11.3. The Morgan fingerprint density at radius 2 is 1.65 bits per heavy atom. The Morgan fingerprint density at radius 1 is 0.968 bits per heavy atom. The summed E-state index contributed by atoms with van der Waals surface area (Å²) in [7, 11) is 1.38. The molecular formula is C21H25N3O7. The fourth-order valence-corrected chi connectivity index (χ4v) is 2.41. The van der Waals surface area contributed by atoms with Crippen LogP contribution in [0.5, 0.6) is 23.0 Å². The van der Waals surface area contributed by atoms with Crippen LogP contribution in [-0.2, 0) is 9.59 Å². The summed E-state index contributed by atoms with van der Waals surface area (Å²) in [6.07, 6.45) is -0.864. The van der Waals surface area contributed by atoms with Gasteiger partial charge in [0.05, 0.1) is 13.7 Å². The molecule has 166 valence electrons. The largest absolute Gasteiger partial charge is 0.494 e. The van der Waals surface area contributed by atoms with Gasteiger partial charge in [-0.2, -0.15) is 0 Å². The molecule has 1 atom stereocenters. The lowest BCUT2D eigenvalue weighted by atomic mass is 10.2. The predicted octanol–water partition coefficient (Wildman–Crippen LogP) is 1.19. The highest BCUT2D eigenvalue weighted by molar-refractivity contribution is 5.96. The van der Waals surface area contributed by atoms with Gasteiger partial charge < -0.3 is 24.7 Å². The van der Waals surface area contributed by atoms with E-state index in [-0.39, 0.29) is 23.7 Å². The standard InChI is InChI=1S/C21H25N3O7/c1-4-29-15-6-8-16(9-7-15)31-13(2)20(26)23-24-21(27)14-5-10-17(18(11-14)28-3)30-12-19(22)25/h5-11,13H,4,12H2,1-3H3,(H2,22,25)(H,23,26)(H,24,27)/t13-/m1/s1. The molecule has 0 saturated carbocycles. The maximum Gasteiger partial charge on any atom is 0.279 e. The van der Waals surface area contributed by atoms with Gasteiger partial charge in [-0.25, -0.2) is 0 Å². The molecule has 0 unspecified atom stereocenters. The first-order valence-corrected chi connectivity index (χ1v) is 9.42. The third kappa shape index (κ3) is 7.11. The van der Waals surface area contributed by atoms with Crippen LogP contribution in [0.25, 0.3) is 0 Å². The van der Waals surface area contributed by atoms with Crippen LogP contribution in [-0.4, -0.2) is 44.1 Å². The average Bonchev–Trinajstić information content (AvgIpc) is 2.77. The summed E-state index contributed by atoms with van der Waals surface area (Å²) in [5.74, 6) is -0.119. The van der Waals surface area contributed by atoms with Crippen LogP contribution in [0.4, 0.5) is 0 Å². The van der Waals surface area contributed by atoms with E-state index in [2.05, 4.69) is 10.9 Å². The molecule has 0 saturated heterocycles.